The minimum Gasteiger partial charge on any atom is -0.271 e. The van der Waals surface area contributed by atoms with Crippen LogP contribution in [0.1, 0.15) is 17.2 Å². The zero-order chi connectivity index (χ0) is 13.1. The molecule has 0 aliphatic heterocycles. The highest BCUT2D eigenvalue weighted by Gasteiger charge is 2.13. The summed E-state index contributed by atoms with van der Waals surface area (Å²) in [4.78, 5) is 4.36. The lowest BCUT2D eigenvalue weighted by Crippen LogP contribution is -2.28. The van der Waals surface area contributed by atoms with Gasteiger partial charge in [-0.2, -0.15) is 10.2 Å². The van der Waals surface area contributed by atoms with E-state index in [0.29, 0.717) is 0 Å². The first kappa shape index (κ1) is 11.7. The number of hydrogen-bond acceptors (Lipinski definition) is 5. The molecule has 2 aromatic heterocycles. The van der Waals surface area contributed by atoms with E-state index in [0.717, 1.165) is 22.0 Å². The van der Waals surface area contributed by atoms with Crippen molar-refractivity contribution in [3.8, 4) is 0 Å². The number of hydrazine groups is 1. The average Bonchev–Trinajstić information content (AvgIpc) is 2.49. The maximum atomic E-state index is 5.66. The molecule has 0 bridgehead atoms. The fourth-order valence-electron chi connectivity index (χ4n) is 2.12. The molecule has 1 unspecified atom stereocenters. The van der Waals surface area contributed by atoms with E-state index in [1.165, 1.54) is 0 Å². The summed E-state index contributed by atoms with van der Waals surface area (Å²) in [7, 11) is 0. The van der Waals surface area contributed by atoms with Crippen molar-refractivity contribution in [3.63, 3.8) is 0 Å². The lowest BCUT2D eigenvalue weighted by Gasteiger charge is -2.16. The Balaban J connectivity index is 2.06. The summed E-state index contributed by atoms with van der Waals surface area (Å²) in [5.41, 5.74) is 5.76. The highest BCUT2D eigenvalue weighted by Crippen LogP contribution is 2.23. The molecule has 0 fully saturated rings. The molecular weight excluding hydrogens is 238 g/mol. The molecule has 0 radical (unpaired) electrons. The Labute approximate surface area is 110 Å². The van der Waals surface area contributed by atoms with Crippen LogP contribution in [0.4, 0.5) is 0 Å². The predicted molar refractivity (Wildman–Crippen MR) is 72.9 cm³/mol. The zero-order valence-electron chi connectivity index (χ0n) is 10.2. The van der Waals surface area contributed by atoms with Crippen LogP contribution in [0.5, 0.6) is 0 Å². The number of nitrogens with one attached hydrogen (secondary N) is 1. The Bertz CT molecular complexity index is 683. The van der Waals surface area contributed by atoms with Gasteiger partial charge in [-0.05, 0) is 29.3 Å². The second kappa shape index (κ2) is 5.09. The predicted octanol–water partition coefficient (Wildman–Crippen LogP) is 1.58. The molecule has 1 atom stereocenters. The number of nitrogens with two attached hydrogens (primary N) is 1. The lowest BCUT2D eigenvalue weighted by atomic mass is 10.00. The molecule has 3 rings (SSSR count). The molecule has 0 aliphatic rings. The van der Waals surface area contributed by atoms with Gasteiger partial charge in [-0.25, -0.2) is 5.43 Å². The van der Waals surface area contributed by atoms with Crippen LogP contribution in [-0.4, -0.2) is 15.2 Å². The first-order valence-electron chi connectivity index (χ1n) is 5.96. The molecule has 5 nitrogen and oxygen atoms in total. The molecule has 0 saturated carbocycles. The lowest BCUT2D eigenvalue weighted by molar-refractivity contribution is 0.633. The van der Waals surface area contributed by atoms with Gasteiger partial charge < -0.3 is 0 Å². The van der Waals surface area contributed by atoms with Gasteiger partial charge in [-0.1, -0.05) is 18.2 Å². The summed E-state index contributed by atoms with van der Waals surface area (Å²) in [5.74, 6) is 5.66. The second-order valence-electron chi connectivity index (χ2n) is 4.23. The van der Waals surface area contributed by atoms with Crippen molar-refractivity contribution in [1.29, 1.82) is 0 Å². The van der Waals surface area contributed by atoms with Crippen LogP contribution >= 0.6 is 0 Å². The van der Waals surface area contributed by atoms with Gasteiger partial charge in [0.2, 0.25) is 0 Å². The molecule has 5 heteroatoms. The summed E-state index contributed by atoms with van der Waals surface area (Å²) in [6.45, 7) is 0. The van der Waals surface area contributed by atoms with Crippen LogP contribution in [0, 0.1) is 0 Å². The van der Waals surface area contributed by atoms with Crippen molar-refractivity contribution in [2.75, 3.05) is 0 Å². The van der Waals surface area contributed by atoms with Crippen molar-refractivity contribution >= 4 is 10.9 Å². The first-order chi connectivity index (χ1) is 9.38. The fourth-order valence-corrected chi connectivity index (χ4v) is 2.12. The van der Waals surface area contributed by atoms with Crippen LogP contribution in [0.3, 0.4) is 0 Å². The maximum absolute atomic E-state index is 5.66. The molecule has 0 spiro atoms. The van der Waals surface area contributed by atoms with Crippen molar-refractivity contribution in [1.82, 2.24) is 20.6 Å². The zero-order valence-corrected chi connectivity index (χ0v) is 10.2. The number of pyridine rings is 1. The van der Waals surface area contributed by atoms with Crippen molar-refractivity contribution in [3.05, 3.63) is 66.1 Å². The summed E-state index contributed by atoms with van der Waals surface area (Å²) in [5, 5.41) is 8.76. The quantitative estimate of drug-likeness (QED) is 0.546. The second-order valence-corrected chi connectivity index (χ2v) is 4.23. The van der Waals surface area contributed by atoms with E-state index < -0.39 is 0 Å². The van der Waals surface area contributed by atoms with Gasteiger partial charge in [0.1, 0.15) is 0 Å². The number of fused-ring (bicyclic) bond motifs is 1. The molecule has 3 N–H and O–H groups in total. The molecule has 19 heavy (non-hydrogen) atoms. The number of hydrogen-bond donors (Lipinski definition) is 2. The van der Waals surface area contributed by atoms with Crippen LogP contribution in [0.2, 0.25) is 0 Å². The summed E-state index contributed by atoms with van der Waals surface area (Å²) < 4.78 is 0. The van der Waals surface area contributed by atoms with Crippen LogP contribution in [-0.2, 0) is 0 Å². The summed E-state index contributed by atoms with van der Waals surface area (Å²) in [6, 6.07) is 11.8. The molecule has 0 aliphatic carbocycles. The highest BCUT2D eigenvalue weighted by molar-refractivity contribution is 5.79. The Kier molecular flexibility index (Phi) is 3.14. The van der Waals surface area contributed by atoms with E-state index in [4.69, 9.17) is 5.84 Å². The Morgan fingerprint density at radius 3 is 2.74 bits per heavy atom. The van der Waals surface area contributed by atoms with E-state index in [-0.39, 0.29) is 6.04 Å². The van der Waals surface area contributed by atoms with Crippen LogP contribution in [0.25, 0.3) is 10.9 Å². The van der Waals surface area contributed by atoms with Gasteiger partial charge in [0, 0.05) is 17.8 Å². The van der Waals surface area contributed by atoms with E-state index in [2.05, 4.69) is 20.6 Å². The normalized spacial score (nSPS) is 12.5. The average molecular weight is 251 g/mol. The van der Waals surface area contributed by atoms with E-state index >= 15 is 0 Å². The number of benzene rings is 1. The van der Waals surface area contributed by atoms with E-state index in [1.54, 1.807) is 18.6 Å². The smallest absolute Gasteiger partial charge is 0.0727 e. The highest BCUT2D eigenvalue weighted by atomic mass is 15.2. The molecule has 0 amide bonds. The fraction of sp³-hybridized carbons (Fsp3) is 0.0714. The largest absolute Gasteiger partial charge is 0.271 e. The minimum atomic E-state index is -0.123. The van der Waals surface area contributed by atoms with E-state index in [1.807, 2.05) is 36.4 Å². The number of nitrogens with zero attached hydrogens (tertiary/aromatic N) is 3. The standard InChI is InChI=1S/C14H13N5/c15-19-14(12-5-7-17-18-9-12)11-4-3-10-2-1-6-16-13(10)8-11/h1-9,14,19H,15H2. The SMILES string of the molecule is NNC(c1ccnnc1)c1ccc2cccnc2c1. The van der Waals surface area contributed by atoms with Gasteiger partial charge in [0.25, 0.3) is 0 Å². The van der Waals surface area contributed by atoms with Crippen molar-refractivity contribution in [2.24, 2.45) is 5.84 Å². The maximum Gasteiger partial charge on any atom is 0.0727 e. The molecular formula is C14H13N5. The molecule has 94 valence electrons. The monoisotopic (exact) mass is 251 g/mol. The van der Waals surface area contributed by atoms with Gasteiger partial charge in [-0.15, -0.1) is 0 Å². The molecule has 0 saturated heterocycles. The summed E-state index contributed by atoms with van der Waals surface area (Å²) in [6.07, 6.45) is 5.14. The Hall–Kier alpha value is -2.37. The van der Waals surface area contributed by atoms with Crippen molar-refractivity contribution < 1.29 is 0 Å². The number of aromatic nitrogens is 3. The third-order valence-electron chi connectivity index (χ3n) is 3.07. The molecule has 3 aromatic rings. The van der Waals surface area contributed by atoms with Crippen LogP contribution < -0.4 is 11.3 Å². The van der Waals surface area contributed by atoms with Gasteiger partial charge in [0.15, 0.2) is 0 Å². The third-order valence-corrected chi connectivity index (χ3v) is 3.07. The molecule has 1 aromatic carbocycles. The summed E-state index contributed by atoms with van der Waals surface area (Å²) >= 11 is 0. The Morgan fingerprint density at radius 1 is 1.00 bits per heavy atom. The topological polar surface area (TPSA) is 76.7 Å². The van der Waals surface area contributed by atoms with Crippen molar-refractivity contribution in [2.45, 2.75) is 6.04 Å². The van der Waals surface area contributed by atoms with Gasteiger partial charge in [0.05, 0.1) is 17.8 Å². The van der Waals surface area contributed by atoms with Crippen LogP contribution in [0.15, 0.2) is 55.0 Å². The van der Waals surface area contributed by atoms with Gasteiger partial charge >= 0.3 is 0 Å². The molecule has 2 heterocycles. The number of rotatable bonds is 3. The minimum absolute atomic E-state index is 0.123. The third kappa shape index (κ3) is 2.29. The van der Waals surface area contributed by atoms with Gasteiger partial charge in [-0.3, -0.25) is 10.8 Å². The van der Waals surface area contributed by atoms with E-state index in [9.17, 15) is 0 Å². The first-order valence-corrected chi connectivity index (χ1v) is 5.96. The Morgan fingerprint density at radius 2 is 1.95 bits per heavy atom.